The molecule has 0 heterocycles. The number of rotatable bonds is 8. The molecule has 8 heteroatoms. The van der Waals surface area contributed by atoms with E-state index in [1.54, 1.807) is 18.2 Å². The molecule has 6 nitrogen and oxygen atoms in total. The van der Waals surface area contributed by atoms with Crippen molar-refractivity contribution in [3.05, 3.63) is 69.9 Å². The molecule has 0 aliphatic heterocycles. The number of carboxylic acids is 1. The highest BCUT2D eigenvalue weighted by molar-refractivity contribution is 9.10. The number of hydrogen-bond donors (Lipinski definition) is 3. The van der Waals surface area contributed by atoms with E-state index >= 15 is 0 Å². The van der Waals surface area contributed by atoms with E-state index in [9.17, 15) is 23.9 Å². The molecule has 0 spiro atoms. The zero-order chi connectivity index (χ0) is 20.7. The smallest absolute Gasteiger partial charge is 0.326 e. The molecule has 0 aliphatic rings. The molecule has 0 fully saturated rings. The lowest BCUT2D eigenvalue weighted by Crippen LogP contribution is -2.52. The molecular weight excluding hydrogens is 431 g/mol. The summed E-state index contributed by atoms with van der Waals surface area (Å²) >= 11 is 3.32. The van der Waals surface area contributed by atoms with Gasteiger partial charge in [-0.2, -0.15) is 0 Å². The van der Waals surface area contributed by atoms with Crippen molar-refractivity contribution in [2.45, 2.75) is 31.8 Å². The second kappa shape index (κ2) is 9.98. The molecular formula is C20H20BrFN2O4. The summed E-state index contributed by atoms with van der Waals surface area (Å²) in [6.45, 7) is 1.26. The lowest BCUT2D eigenvalue weighted by molar-refractivity contribution is -0.142. The number of nitrogens with one attached hydrogen (secondary N) is 2. The van der Waals surface area contributed by atoms with Crippen LogP contribution in [0.5, 0.6) is 0 Å². The number of carbonyl (C=O) groups is 3. The van der Waals surface area contributed by atoms with Crippen LogP contribution in [-0.4, -0.2) is 35.0 Å². The Bertz CT molecular complexity index is 858. The summed E-state index contributed by atoms with van der Waals surface area (Å²) in [6.07, 6.45) is 0.193. The summed E-state index contributed by atoms with van der Waals surface area (Å²) < 4.78 is 13.9. The summed E-state index contributed by atoms with van der Waals surface area (Å²) in [6, 6.07) is 10.5. The van der Waals surface area contributed by atoms with Crippen LogP contribution in [0, 0.1) is 5.82 Å². The van der Waals surface area contributed by atoms with Gasteiger partial charge in [-0.15, -0.1) is 0 Å². The van der Waals surface area contributed by atoms with Gasteiger partial charge in [-0.3, -0.25) is 9.59 Å². The standard InChI is InChI=1S/C20H20BrFN2O4/c1-12(25)23-17(10-13-5-7-16(22)8-6-13)19(26)24-18(20(27)28)11-14-3-2-4-15(21)9-14/h2-9,17-18H,10-11H2,1H3,(H,23,25)(H,24,26)(H,27,28)/t17-,18+/m1/s1. The molecule has 3 N–H and O–H groups in total. The van der Waals surface area contributed by atoms with Gasteiger partial charge in [-0.25, -0.2) is 9.18 Å². The SMILES string of the molecule is CC(=O)N[C@H](Cc1ccc(F)cc1)C(=O)N[C@@H](Cc1cccc(Br)c1)C(=O)O. The van der Waals surface area contributed by atoms with Crippen molar-refractivity contribution in [3.63, 3.8) is 0 Å². The first-order valence-electron chi connectivity index (χ1n) is 8.53. The molecule has 2 amide bonds. The van der Waals surface area contributed by atoms with Crippen molar-refractivity contribution in [2.75, 3.05) is 0 Å². The van der Waals surface area contributed by atoms with Crippen LogP contribution in [0.25, 0.3) is 0 Å². The summed E-state index contributed by atoms with van der Waals surface area (Å²) in [4.78, 5) is 35.7. The number of halogens is 2. The summed E-state index contributed by atoms with van der Waals surface area (Å²) in [5, 5.41) is 14.5. The number of hydrogen-bond acceptors (Lipinski definition) is 3. The molecule has 2 aromatic carbocycles. The minimum absolute atomic E-state index is 0.0872. The monoisotopic (exact) mass is 450 g/mol. The Labute approximate surface area is 170 Å². The quantitative estimate of drug-likeness (QED) is 0.575. The third-order valence-corrected chi connectivity index (χ3v) is 4.48. The fourth-order valence-electron chi connectivity index (χ4n) is 2.68. The Kier molecular flexibility index (Phi) is 7.69. The van der Waals surface area contributed by atoms with Gasteiger partial charge in [0.2, 0.25) is 11.8 Å². The first kappa shape index (κ1) is 21.6. The zero-order valence-electron chi connectivity index (χ0n) is 15.1. The van der Waals surface area contributed by atoms with Crippen molar-refractivity contribution >= 4 is 33.7 Å². The fourth-order valence-corrected chi connectivity index (χ4v) is 3.13. The lowest BCUT2D eigenvalue weighted by atomic mass is 10.0. The zero-order valence-corrected chi connectivity index (χ0v) is 16.7. The minimum atomic E-state index is -1.18. The summed E-state index contributed by atoms with van der Waals surface area (Å²) in [7, 11) is 0. The van der Waals surface area contributed by atoms with Crippen LogP contribution in [-0.2, 0) is 27.2 Å². The van der Waals surface area contributed by atoms with Crippen molar-refractivity contribution < 1.29 is 23.9 Å². The molecule has 2 atom stereocenters. The fraction of sp³-hybridized carbons (Fsp3) is 0.250. The van der Waals surface area contributed by atoms with Crippen molar-refractivity contribution in [3.8, 4) is 0 Å². The van der Waals surface area contributed by atoms with Gasteiger partial charge in [0.1, 0.15) is 17.9 Å². The van der Waals surface area contributed by atoms with Crippen LogP contribution in [0.3, 0.4) is 0 Å². The highest BCUT2D eigenvalue weighted by atomic mass is 79.9. The van der Waals surface area contributed by atoms with Crippen LogP contribution in [0.2, 0.25) is 0 Å². The third kappa shape index (κ3) is 6.77. The van der Waals surface area contributed by atoms with E-state index in [1.807, 2.05) is 6.07 Å². The predicted molar refractivity (Wildman–Crippen MR) is 105 cm³/mol. The molecule has 0 bridgehead atoms. The highest BCUT2D eigenvalue weighted by Crippen LogP contribution is 2.14. The van der Waals surface area contributed by atoms with Crippen molar-refractivity contribution in [1.29, 1.82) is 0 Å². The van der Waals surface area contributed by atoms with Gasteiger partial charge in [-0.05, 0) is 35.4 Å². The van der Waals surface area contributed by atoms with Gasteiger partial charge in [0, 0.05) is 24.2 Å². The van der Waals surface area contributed by atoms with Crippen molar-refractivity contribution in [2.24, 2.45) is 0 Å². The van der Waals surface area contributed by atoms with Gasteiger partial charge in [-0.1, -0.05) is 40.2 Å². The van der Waals surface area contributed by atoms with E-state index in [4.69, 9.17) is 0 Å². The highest BCUT2D eigenvalue weighted by Gasteiger charge is 2.26. The molecule has 2 rings (SSSR count). The molecule has 0 unspecified atom stereocenters. The number of carbonyl (C=O) groups excluding carboxylic acids is 2. The molecule has 2 aromatic rings. The van der Waals surface area contributed by atoms with E-state index in [0.717, 1.165) is 10.0 Å². The summed E-state index contributed by atoms with van der Waals surface area (Å²) in [5.41, 5.74) is 1.37. The van der Waals surface area contributed by atoms with Gasteiger partial charge in [0.25, 0.3) is 0 Å². The van der Waals surface area contributed by atoms with E-state index in [-0.39, 0.29) is 12.8 Å². The average Bonchev–Trinajstić information content (AvgIpc) is 2.62. The second-order valence-corrected chi connectivity index (χ2v) is 7.23. The molecule has 0 saturated heterocycles. The van der Waals surface area contributed by atoms with E-state index in [2.05, 4.69) is 26.6 Å². The van der Waals surface area contributed by atoms with Gasteiger partial charge >= 0.3 is 5.97 Å². The Morgan fingerprint density at radius 3 is 2.21 bits per heavy atom. The van der Waals surface area contributed by atoms with Crippen LogP contribution < -0.4 is 10.6 Å². The first-order valence-corrected chi connectivity index (χ1v) is 9.33. The molecule has 0 aliphatic carbocycles. The predicted octanol–water partition coefficient (Wildman–Crippen LogP) is 2.45. The van der Waals surface area contributed by atoms with E-state index in [0.29, 0.717) is 5.56 Å². The number of aliphatic carboxylic acids is 1. The largest absolute Gasteiger partial charge is 0.480 e. The van der Waals surface area contributed by atoms with Crippen LogP contribution >= 0.6 is 15.9 Å². The van der Waals surface area contributed by atoms with Crippen LogP contribution in [0.4, 0.5) is 4.39 Å². The molecule has 0 radical (unpaired) electrons. The Morgan fingerprint density at radius 1 is 1.00 bits per heavy atom. The van der Waals surface area contributed by atoms with Gasteiger partial charge in [0.05, 0.1) is 0 Å². The molecule has 0 saturated carbocycles. The Morgan fingerprint density at radius 2 is 1.64 bits per heavy atom. The van der Waals surface area contributed by atoms with Gasteiger partial charge < -0.3 is 15.7 Å². The number of carboxylic acid groups (broad SMARTS) is 1. The maximum absolute atomic E-state index is 13.1. The van der Waals surface area contributed by atoms with E-state index < -0.39 is 35.7 Å². The third-order valence-electron chi connectivity index (χ3n) is 3.99. The molecule has 0 aromatic heterocycles. The molecule has 148 valence electrons. The average molecular weight is 451 g/mol. The van der Waals surface area contributed by atoms with Crippen molar-refractivity contribution in [1.82, 2.24) is 10.6 Å². The Hall–Kier alpha value is -2.74. The number of amides is 2. The Balaban J connectivity index is 2.12. The first-order chi connectivity index (χ1) is 13.2. The normalized spacial score (nSPS) is 12.7. The topological polar surface area (TPSA) is 95.5 Å². The molecule has 28 heavy (non-hydrogen) atoms. The second-order valence-electron chi connectivity index (χ2n) is 6.32. The van der Waals surface area contributed by atoms with E-state index in [1.165, 1.54) is 31.2 Å². The van der Waals surface area contributed by atoms with Crippen LogP contribution in [0.1, 0.15) is 18.1 Å². The maximum Gasteiger partial charge on any atom is 0.326 e. The summed E-state index contributed by atoms with van der Waals surface area (Å²) in [5.74, 6) is -2.65. The van der Waals surface area contributed by atoms with Gasteiger partial charge in [0.15, 0.2) is 0 Å². The minimum Gasteiger partial charge on any atom is -0.480 e. The van der Waals surface area contributed by atoms with Crippen LogP contribution in [0.15, 0.2) is 53.0 Å². The maximum atomic E-state index is 13.1. The number of benzene rings is 2. The lowest BCUT2D eigenvalue weighted by Gasteiger charge is -2.21.